The molecule has 5 nitrogen and oxygen atoms in total. The minimum atomic E-state index is 0.0720. The van der Waals surface area contributed by atoms with E-state index in [4.69, 9.17) is 0 Å². The molecule has 1 aromatic carbocycles. The monoisotopic (exact) mass is 366 g/mol. The number of aryl methyl sites for hydroxylation is 1. The molecule has 1 N–H and O–H groups in total. The topological polar surface area (TPSA) is 49.6 Å². The van der Waals surface area contributed by atoms with Gasteiger partial charge in [0.1, 0.15) is 0 Å². The van der Waals surface area contributed by atoms with Crippen molar-refractivity contribution in [3.8, 4) is 0 Å². The number of benzene rings is 1. The van der Waals surface area contributed by atoms with Gasteiger partial charge in [0, 0.05) is 45.5 Å². The molecule has 3 rings (SSSR count). The van der Waals surface area contributed by atoms with Crippen molar-refractivity contribution in [2.45, 2.75) is 32.2 Å². The van der Waals surface area contributed by atoms with Crippen molar-refractivity contribution < 1.29 is 0 Å². The molecule has 1 aliphatic rings. The Morgan fingerprint density at radius 1 is 1.15 bits per heavy atom. The van der Waals surface area contributed by atoms with E-state index >= 15 is 0 Å². The summed E-state index contributed by atoms with van der Waals surface area (Å²) in [5.41, 5.74) is 1.49. The van der Waals surface area contributed by atoms with Crippen molar-refractivity contribution in [3.05, 3.63) is 70.6 Å². The molecule has 0 amide bonds. The van der Waals surface area contributed by atoms with E-state index < -0.39 is 0 Å². The van der Waals surface area contributed by atoms with E-state index in [1.807, 2.05) is 19.3 Å². The van der Waals surface area contributed by atoms with Crippen LogP contribution in [0, 0.1) is 5.92 Å². The van der Waals surface area contributed by atoms with Gasteiger partial charge >= 0.3 is 0 Å². The predicted molar refractivity (Wildman–Crippen MR) is 111 cm³/mol. The Morgan fingerprint density at radius 2 is 1.96 bits per heavy atom. The fourth-order valence-corrected chi connectivity index (χ4v) is 3.72. The summed E-state index contributed by atoms with van der Waals surface area (Å²) in [5, 5.41) is 3.49. The van der Waals surface area contributed by atoms with Crippen LogP contribution in [-0.4, -0.2) is 42.1 Å². The molecule has 1 aromatic heterocycles. The zero-order valence-corrected chi connectivity index (χ0v) is 16.2. The molecule has 27 heavy (non-hydrogen) atoms. The number of nitrogens with zero attached hydrogens (tertiary/aromatic N) is 3. The highest BCUT2D eigenvalue weighted by Gasteiger charge is 2.24. The second-order valence-electron chi connectivity index (χ2n) is 7.20. The third-order valence-electron chi connectivity index (χ3n) is 5.17. The summed E-state index contributed by atoms with van der Waals surface area (Å²) in [6.07, 6.45) is 6.20. The number of hydrogen-bond acceptors (Lipinski definition) is 2. The third-order valence-corrected chi connectivity index (χ3v) is 5.17. The Hall–Kier alpha value is -2.56. The van der Waals surface area contributed by atoms with Crippen molar-refractivity contribution in [1.29, 1.82) is 0 Å². The minimum absolute atomic E-state index is 0.0720. The highest BCUT2D eigenvalue weighted by molar-refractivity contribution is 5.80. The summed E-state index contributed by atoms with van der Waals surface area (Å²) in [7, 11) is 1.86. The Labute approximate surface area is 161 Å². The fourth-order valence-electron chi connectivity index (χ4n) is 3.72. The summed E-state index contributed by atoms with van der Waals surface area (Å²) in [6, 6.07) is 16.0. The average Bonchev–Trinajstić information content (AvgIpc) is 3.15. The number of unbranched alkanes of at least 4 members (excludes halogenated alkanes) is 1. The van der Waals surface area contributed by atoms with E-state index in [0.717, 1.165) is 51.4 Å². The molecule has 144 valence electrons. The second kappa shape index (κ2) is 9.95. The predicted octanol–water partition coefficient (Wildman–Crippen LogP) is 2.77. The first-order chi connectivity index (χ1) is 13.3. The highest BCUT2D eigenvalue weighted by Crippen LogP contribution is 2.20. The van der Waals surface area contributed by atoms with Crippen LogP contribution in [0.15, 0.2) is 64.5 Å². The molecule has 1 unspecified atom stereocenters. The smallest absolute Gasteiger partial charge is 0.250 e. The van der Waals surface area contributed by atoms with Crippen LogP contribution in [0.4, 0.5) is 0 Å². The summed E-state index contributed by atoms with van der Waals surface area (Å²) < 4.78 is 1.77. The molecule has 0 saturated carbocycles. The van der Waals surface area contributed by atoms with Crippen molar-refractivity contribution in [3.63, 3.8) is 0 Å². The SMILES string of the molecule is CN=C(NCCCCn1ccccc1=O)N1CCC(Cc2ccccc2)C1. The van der Waals surface area contributed by atoms with Gasteiger partial charge in [-0.2, -0.15) is 0 Å². The summed E-state index contributed by atoms with van der Waals surface area (Å²) in [5.74, 6) is 1.69. The summed E-state index contributed by atoms with van der Waals surface area (Å²) in [4.78, 5) is 18.5. The minimum Gasteiger partial charge on any atom is -0.356 e. The first-order valence-corrected chi connectivity index (χ1v) is 9.91. The van der Waals surface area contributed by atoms with Gasteiger partial charge in [-0.1, -0.05) is 36.4 Å². The molecule has 2 aromatic rings. The van der Waals surface area contributed by atoms with Crippen LogP contribution in [0.2, 0.25) is 0 Å². The van der Waals surface area contributed by atoms with Gasteiger partial charge in [0.2, 0.25) is 5.56 Å². The summed E-state index contributed by atoms with van der Waals surface area (Å²) in [6.45, 7) is 3.78. The van der Waals surface area contributed by atoms with E-state index in [0.29, 0.717) is 5.92 Å². The quantitative estimate of drug-likeness (QED) is 0.466. The van der Waals surface area contributed by atoms with Gasteiger partial charge in [0.05, 0.1) is 0 Å². The number of guanidine groups is 1. The molecule has 0 spiro atoms. The first kappa shape index (κ1) is 19.2. The largest absolute Gasteiger partial charge is 0.356 e. The molecule has 0 radical (unpaired) electrons. The maximum Gasteiger partial charge on any atom is 0.250 e. The Balaban J connectivity index is 1.38. The maximum atomic E-state index is 11.7. The van der Waals surface area contributed by atoms with Crippen LogP contribution < -0.4 is 10.9 Å². The van der Waals surface area contributed by atoms with Crippen molar-refractivity contribution in [1.82, 2.24) is 14.8 Å². The lowest BCUT2D eigenvalue weighted by Crippen LogP contribution is -2.40. The first-order valence-electron chi connectivity index (χ1n) is 9.91. The lowest BCUT2D eigenvalue weighted by Gasteiger charge is -2.22. The van der Waals surface area contributed by atoms with E-state index in [2.05, 4.69) is 45.5 Å². The lowest BCUT2D eigenvalue weighted by molar-refractivity contribution is 0.457. The second-order valence-corrected chi connectivity index (χ2v) is 7.20. The average molecular weight is 367 g/mol. The van der Waals surface area contributed by atoms with E-state index in [1.54, 1.807) is 16.7 Å². The number of rotatable bonds is 7. The number of hydrogen-bond donors (Lipinski definition) is 1. The highest BCUT2D eigenvalue weighted by atomic mass is 16.1. The number of nitrogens with one attached hydrogen (secondary N) is 1. The van der Waals surface area contributed by atoms with Gasteiger partial charge in [-0.3, -0.25) is 9.79 Å². The molecule has 2 heterocycles. The van der Waals surface area contributed by atoms with E-state index in [-0.39, 0.29) is 5.56 Å². The molecular formula is C22H30N4O. The van der Waals surface area contributed by atoms with Gasteiger partial charge in [-0.25, -0.2) is 0 Å². The van der Waals surface area contributed by atoms with Crippen molar-refractivity contribution in [2.24, 2.45) is 10.9 Å². The Bertz CT molecular complexity index is 784. The number of aromatic nitrogens is 1. The summed E-state index contributed by atoms with van der Waals surface area (Å²) >= 11 is 0. The van der Waals surface area contributed by atoms with E-state index in [9.17, 15) is 4.79 Å². The molecule has 1 fully saturated rings. The zero-order valence-electron chi connectivity index (χ0n) is 16.2. The van der Waals surface area contributed by atoms with Gasteiger partial charge in [0.25, 0.3) is 0 Å². The number of pyridine rings is 1. The third kappa shape index (κ3) is 5.71. The maximum absolute atomic E-state index is 11.7. The van der Waals surface area contributed by atoms with E-state index in [1.165, 1.54) is 12.0 Å². The lowest BCUT2D eigenvalue weighted by atomic mass is 9.99. The molecular weight excluding hydrogens is 336 g/mol. The van der Waals surface area contributed by atoms with Crippen LogP contribution in [0.3, 0.4) is 0 Å². The fraction of sp³-hybridized carbons (Fsp3) is 0.455. The molecule has 5 heteroatoms. The van der Waals surface area contributed by atoms with Crippen LogP contribution in [-0.2, 0) is 13.0 Å². The van der Waals surface area contributed by atoms with Gasteiger partial charge in [-0.15, -0.1) is 0 Å². The standard InChI is InChI=1S/C22H30N4O/c1-23-22(24-13-6-8-15-25-14-7-5-11-21(25)27)26-16-12-20(18-26)17-19-9-3-2-4-10-19/h2-5,7,9-11,14,20H,6,8,12-13,15-18H2,1H3,(H,23,24). The van der Waals surface area contributed by atoms with Crippen LogP contribution in [0.25, 0.3) is 0 Å². The molecule has 1 atom stereocenters. The molecule has 1 aliphatic heterocycles. The Morgan fingerprint density at radius 3 is 2.74 bits per heavy atom. The van der Waals surface area contributed by atoms with Gasteiger partial charge < -0.3 is 14.8 Å². The van der Waals surface area contributed by atoms with Crippen LogP contribution >= 0.6 is 0 Å². The zero-order chi connectivity index (χ0) is 18.9. The molecule has 0 bridgehead atoms. The van der Waals surface area contributed by atoms with Crippen molar-refractivity contribution in [2.75, 3.05) is 26.7 Å². The molecule has 0 aliphatic carbocycles. The van der Waals surface area contributed by atoms with Gasteiger partial charge in [-0.05, 0) is 43.2 Å². The van der Waals surface area contributed by atoms with Crippen molar-refractivity contribution >= 4 is 5.96 Å². The normalized spacial score (nSPS) is 17.3. The Kier molecular flexibility index (Phi) is 7.08. The molecule has 1 saturated heterocycles. The van der Waals surface area contributed by atoms with Crippen LogP contribution in [0.5, 0.6) is 0 Å². The number of likely N-dealkylation sites (tertiary alicyclic amines) is 1. The van der Waals surface area contributed by atoms with Crippen LogP contribution in [0.1, 0.15) is 24.8 Å². The number of aliphatic imine (C=N–C) groups is 1. The van der Waals surface area contributed by atoms with Gasteiger partial charge in [0.15, 0.2) is 5.96 Å².